The van der Waals surface area contributed by atoms with E-state index in [1.807, 2.05) is 44.4 Å². The van der Waals surface area contributed by atoms with Crippen molar-refractivity contribution >= 4 is 5.95 Å². The molecular weight excluding hydrogens is 238 g/mol. The molecule has 0 bridgehead atoms. The number of hydrogen-bond acceptors (Lipinski definition) is 4. The molecular formula is C15H19N3O. The summed E-state index contributed by atoms with van der Waals surface area (Å²) in [6.45, 7) is 4.85. The summed E-state index contributed by atoms with van der Waals surface area (Å²) >= 11 is 0. The van der Waals surface area contributed by atoms with Gasteiger partial charge in [-0.15, -0.1) is 0 Å². The SMILES string of the molecule is CCCOc1ccc(-c2nc(NC)ncc2C)cc1. The van der Waals surface area contributed by atoms with Crippen molar-refractivity contribution in [1.82, 2.24) is 9.97 Å². The highest BCUT2D eigenvalue weighted by Gasteiger charge is 2.06. The van der Waals surface area contributed by atoms with Gasteiger partial charge in [0.2, 0.25) is 5.95 Å². The van der Waals surface area contributed by atoms with Crippen LogP contribution in [0.1, 0.15) is 18.9 Å². The summed E-state index contributed by atoms with van der Waals surface area (Å²) in [5.74, 6) is 1.53. The molecule has 0 spiro atoms. The van der Waals surface area contributed by atoms with Gasteiger partial charge >= 0.3 is 0 Å². The molecule has 0 fully saturated rings. The van der Waals surface area contributed by atoms with E-state index < -0.39 is 0 Å². The molecule has 0 aliphatic heterocycles. The van der Waals surface area contributed by atoms with Gasteiger partial charge in [-0.05, 0) is 43.2 Å². The van der Waals surface area contributed by atoms with Crippen molar-refractivity contribution in [2.24, 2.45) is 0 Å². The van der Waals surface area contributed by atoms with Gasteiger partial charge in [0.25, 0.3) is 0 Å². The van der Waals surface area contributed by atoms with Gasteiger partial charge in [-0.3, -0.25) is 0 Å². The van der Waals surface area contributed by atoms with Crippen molar-refractivity contribution in [2.75, 3.05) is 19.0 Å². The maximum Gasteiger partial charge on any atom is 0.222 e. The van der Waals surface area contributed by atoms with Gasteiger partial charge < -0.3 is 10.1 Å². The minimum atomic E-state index is 0.631. The number of anilines is 1. The van der Waals surface area contributed by atoms with Crippen molar-refractivity contribution in [2.45, 2.75) is 20.3 Å². The lowest BCUT2D eigenvalue weighted by Crippen LogP contribution is -1.99. The second-order valence-corrected chi connectivity index (χ2v) is 4.35. The largest absolute Gasteiger partial charge is 0.494 e. The van der Waals surface area contributed by atoms with Gasteiger partial charge in [-0.2, -0.15) is 0 Å². The number of nitrogens with zero attached hydrogens (tertiary/aromatic N) is 2. The number of nitrogens with one attached hydrogen (secondary N) is 1. The molecule has 0 amide bonds. The first kappa shape index (κ1) is 13.3. The van der Waals surface area contributed by atoms with E-state index in [9.17, 15) is 0 Å². The Bertz CT molecular complexity index is 538. The molecule has 1 aromatic heterocycles. The number of hydrogen-bond donors (Lipinski definition) is 1. The second kappa shape index (κ2) is 6.18. The van der Waals surface area contributed by atoms with Gasteiger partial charge in [0, 0.05) is 18.8 Å². The zero-order valence-corrected chi connectivity index (χ0v) is 11.6. The number of ether oxygens (including phenoxy) is 1. The van der Waals surface area contributed by atoms with E-state index in [-0.39, 0.29) is 0 Å². The molecule has 0 saturated heterocycles. The van der Waals surface area contributed by atoms with Gasteiger partial charge in [-0.1, -0.05) is 6.92 Å². The Morgan fingerprint density at radius 2 is 1.95 bits per heavy atom. The van der Waals surface area contributed by atoms with E-state index in [0.717, 1.165) is 35.6 Å². The third kappa shape index (κ3) is 3.22. The fourth-order valence-corrected chi connectivity index (χ4v) is 1.78. The Hall–Kier alpha value is -2.10. The number of aryl methyl sites for hydroxylation is 1. The molecule has 0 aliphatic carbocycles. The summed E-state index contributed by atoms with van der Waals surface area (Å²) in [5, 5.41) is 2.96. The first-order valence-corrected chi connectivity index (χ1v) is 6.49. The highest BCUT2D eigenvalue weighted by atomic mass is 16.5. The van der Waals surface area contributed by atoms with E-state index in [1.54, 1.807) is 0 Å². The highest BCUT2D eigenvalue weighted by Crippen LogP contribution is 2.24. The van der Waals surface area contributed by atoms with Crippen LogP contribution in [0.5, 0.6) is 5.75 Å². The van der Waals surface area contributed by atoms with Gasteiger partial charge in [0.1, 0.15) is 5.75 Å². The fraction of sp³-hybridized carbons (Fsp3) is 0.333. The lowest BCUT2D eigenvalue weighted by Gasteiger charge is -2.08. The average molecular weight is 257 g/mol. The van der Waals surface area contributed by atoms with Crippen molar-refractivity contribution in [1.29, 1.82) is 0 Å². The molecule has 19 heavy (non-hydrogen) atoms. The lowest BCUT2D eigenvalue weighted by molar-refractivity contribution is 0.317. The van der Waals surface area contributed by atoms with E-state index >= 15 is 0 Å². The van der Waals surface area contributed by atoms with E-state index in [0.29, 0.717) is 5.95 Å². The van der Waals surface area contributed by atoms with Crippen LogP contribution in [0.15, 0.2) is 30.5 Å². The third-order valence-corrected chi connectivity index (χ3v) is 2.80. The molecule has 0 radical (unpaired) electrons. The first-order valence-electron chi connectivity index (χ1n) is 6.49. The Kier molecular flexibility index (Phi) is 4.34. The summed E-state index contributed by atoms with van der Waals surface area (Å²) in [6.07, 6.45) is 2.84. The Morgan fingerprint density at radius 3 is 2.58 bits per heavy atom. The molecule has 0 aliphatic rings. The molecule has 0 unspecified atom stereocenters. The van der Waals surface area contributed by atoms with Crippen LogP contribution in [0, 0.1) is 6.92 Å². The predicted molar refractivity (Wildman–Crippen MR) is 77.5 cm³/mol. The van der Waals surface area contributed by atoms with Gasteiger partial charge in [0.15, 0.2) is 0 Å². The molecule has 2 rings (SSSR count). The fourth-order valence-electron chi connectivity index (χ4n) is 1.78. The van der Waals surface area contributed by atoms with Crippen molar-refractivity contribution in [3.05, 3.63) is 36.0 Å². The molecule has 100 valence electrons. The molecule has 0 atom stereocenters. The van der Waals surface area contributed by atoms with Crippen LogP contribution in [0.2, 0.25) is 0 Å². The number of aromatic nitrogens is 2. The second-order valence-electron chi connectivity index (χ2n) is 4.35. The molecule has 1 heterocycles. The number of benzene rings is 1. The minimum Gasteiger partial charge on any atom is -0.494 e. The van der Waals surface area contributed by atoms with E-state index in [1.165, 1.54) is 0 Å². The normalized spacial score (nSPS) is 10.3. The molecule has 0 saturated carbocycles. The van der Waals surface area contributed by atoms with Crippen LogP contribution >= 0.6 is 0 Å². The van der Waals surface area contributed by atoms with E-state index in [2.05, 4.69) is 22.2 Å². The monoisotopic (exact) mass is 257 g/mol. The topological polar surface area (TPSA) is 47.0 Å². The van der Waals surface area contributed by atoms with Crippen molar-refractivity contribution in [3.63, 3.8) is 0 Å². The standard InChI is InChI=1S/C15H19N3O/c1-4-9-19-13-7-5-12(6-8-13)14-11(2)10-17-15(16-3)18-14/h5-8,10H,4,9H2,1-3H3,(H,16,17,18). The summed E-state index contributed by atoms with van der Waals surface area (Å²) in [6, 6.07) is 8.01. The first-order chi connectivity index (χ1) is 9.24. The molecule has 1 aromatic carbocycles. The molecule has 2 aromatic rings. The Balaban J connectivity index is 2.26. The van der Waals surface area contributed by atoms with Crippen molar-refractivity contribution < 1.29 is 4.74 Å². The zero-order valence-electron chi connectivity index (χ0n) is 11.6. The predicted octanol–water partition coefficient (Wildman–Crippen LogP) is 3.28. The molecule has 4 nitrogen and oxygen atoms in total. The van der Waals surface area contributed by atoms with Crippen LogP contribution in [0.4, 0.5) is 5.95 Å². The lowest BCUT2D eigenvalue weighted by atomic mass is 10.1. The summed E-state index contributed by atoms with van der Waals surface area (Å²) in [7, 11) is 1.82. The summed E-state index contributed by atoms with van der Waals surface area (Å²) < 4.78 is 5.58. The Morgan fingerprint density at radius 1 is 1.21 bits per heavy atom. The quantitative estimate of drug-likeness (QED) is 0.893. The number of rotatable bonds is 5. The van der Waals surface area contributed by atoms with Gasteiger partial charge in [-0.25, -0.2) is 9.97 Å². The summed E-state index contributed by atoms with van der Waals surface area (Å²) in [5.41, 5.74) is 3.07. The Labute approximate surface area is 113 Å². The highest BCUT2D eigenvalue weighted by molar-refractivity contribution is 5.64. The summed E-state index contributed by atoms with van der Waals surface area (Å²) in [4.78, 5) is 8.68. The van der Waals surface area contributed by atoms with Crippen LogP contribution in [0.3, 0.4) is 0 Å². The smallest absolute Gasteiger partial charge is 0.222 e. The maximum absolute atomic E-state index is 5.58. The van der Waals surface area contributed by atoms with Crippen LogP contribution in [0.25, 0.3) is 11.3 Å². The minimum absolute atomic E-state index is 0.631. The third-order valence-electron chi connectivity index (χ3n) is 2.80. The van der Waals surface area contributed by atoms with Crippen LogP contribution in [-0.4, -0.2) is 23.6 Å². The average Bonchev–Trinajstić information content (AvgIpc) is 2.46. The molecule has 1 N–H and O–H groups in total. The van der Waals surface area contributed by atoms with Crippen molar-refractivity contribution in [3.8, 4) is 17.0 Å². The van der Waals surface area contributed by atoms with Crippen LogP contribution in [-0.2, 0) is 0 Å². The molecule has 4 heteroatoms. The van der Waals surface area contributed by atoms with Gasteiger partial charge in [0.05, 0.1) is 12.3 Å². The van der Waals surface area contributed by atoms with E-state index in [4.69, 9.17) is 4.74 Å². The zero-order chi connectivity index (χ0) is 13.7. The van der Waals surface area contributed by atoms with Crippen LogP contribution < -0.4 is 10.1 Å². The maximum atomic E-state index is 5.58.